The molecular weight excluding hydrogens is 232 g/mol. The van der Waals surface area contributed by atoms with Crippen LogP contribution in [0.2, 0.25) is 0 Å². The quantitative estimate of drug-likeness (QED) is 0.698. The smallest absolute Gasteiger partial charge is 0.170 e. The fourth-order valence-electron chi connectivity index (χ4n) is 1.51. The number of carbonyl (C=O) groups excluding carboxylic acids is 1. The Morgan fingerprint density at radius 1 is 1.46 bits per heavy atom. The molecule has 0 fully saturated rings. The molecule has 0 unspecified atom stereocenters. The van der Waals surface area contributed by atoms with E-state index in [4.69, 9.17) is 4.74 Å². The Balaban J connectivity index is 2.67. The summed E-state index contributed by atoms with van der Waals surface area (Å²) in [6.45, 7) is 2.42. The van der Waals surface area contributed by atoms with E-state index in [0.717, 1.165) is 15.6 Å². The lowest BCUT2D eigenvalue weighted by Crippen LogP contribution is -2.16. The number of fused-ring (bicyclic) bond motifs is 1. The maximum Gasteiger partial charge on any atom is 0.170 e. The number of ketones is 1. The summed E-state index contributed by atoms with van der Waals surface area (Å²) >= 11 is 3.37. The van der Waals surface area contributed by atoms with Gasteiger partial charge in [0.15, 0.2) is 5.78 Å². The average Bonchev–Trinajstić information content (AvgIpc) is 2.12. The molecule has 0 N–H and O–H groups in total. The van der Waals surface area contributed by atoms with Gasteiger partial charge in [-0.3, -0.25) is 4.79 Å². The summed E-state index contributed by atoms with van der Waals surface area (Å²) in [5.41, 5.74) is 1.73. The van der Waals surface area contributed by atoms with Crippen LogP contribution in [0.3, 0.4) is 0 Å². The van der Waals surface area contributed by atoms with Crippen molar-refractivity contribution >= 4 is 21.7 Å². The molecule has 0 spiro atoms. The van der Waals surface area contributed by atoms with Crippen molar-refractivity contribution in [3.8, 4) is 5.75 Å². The molecule has 13 heavy (non-hydrogen) atoms. The fourth-order valence-corrected chi connectivity index (χ4v) is 1.96. The first-order valence-electron chi connectivity index (χ1n) is 4.15. The first-order chi connectivity index (χ1) is 6.20. The van der Waals surface area contributed by atoms with E-state index < -0.39 is 0 Å². The highest BCUT2D eigenvalue weighted by Crippen LogP contribution is 2.34. The molecule has 1 aromatic rings. The van der Waals surface area contributed by atoms with Crippen LogP contribution in [0, 0.1) is 6.92 Å². The number of Topliss-reactive ketones (excluding diaryl/α,β-unsaturated/α-hetero) is 1. The van der Waals surface area contributed by atoms with Crippen molar-refractivity contribution in [2.24, 2.45) is 0 Å². The number of hydrogen-bond acceptors (Lipinski definition) is 2. The van der Waals surface area contributed by atoms with E-state index in [0.29, 0.717) is 18.8 Å². The number of carbonyl (C=O) groups is 1. The minimum absolute atomic E-state index is 0.181. The molecule has 68 valence electrons. The molecule has 2 rings (SSSR count). The van der Waals surface area contributed by atoms with E-state index in [9.17, 15) is 4.79 Å². The minimum Gasteiger partial charge on any atom is -0.491 e. The Labute approximate surface area is 85.0 Å². The zero-order valence-electron chi connectivity index (χ0n) is 7.26. The molecule has 0 bridgehead atoms. The molecule has 0 radical (unpaired) electrons. The molecule has 0 aliphatic carbocycles. The average molecular weight is 241 g/mol. The normalized spacial score (nSPS) is 15.1. The van der Waals surface area contributed by atoms with Gasteiger partial charge in [0, 0.05) is 6.42 Å². The van der Waals surface area contributed by atoms with Gasteiger partial charge in [0.2, 0.25) is 0 Å². The van der Waals surface area contributed by atoms with Crippen LogP contribution in [0.15, 0.2) is 16.6 Å². The molecule has 0 aromatic heterocycles. The van der Waals surface area contributed by atoms with Gasteiger partial charge in [0.25, 0.3) is 0 Å². The van der Waals surface area contributed by atoms with Gasteiger partial charge >= 0.3 is 0 Å². The highest BCUT2D eigenvalue weighted by molar-refractivity contribution is 9.10. The van der Waals surface area contributed by atoms with Crippen LogP contribution in [0.1, 0.15) is 22.3 Å². The van der Waals surface area contributed by atoms with Crippen LogP contribution >= 0.6 is 15.9 Å². The second-order valence-electron chi connectivity index (χ2n) is 3.09. The molecule has 2 nitrogen and oxygen atoms in total. The van der Waals surface area contributed by atoms with Gasteiger partial charge in [-0.05, 0) is 34.5 Å². The van der Waals surface area contributed by atoms with Crippen LogP contribution in [0.5, 0.6) is 5.75 Å². The monoisotopic (exact) mass is 240 g/mol. The second kappa shape index (κ2) is 3.14. The number of rotatable bonds is 0. The number of benzene rings is 1. The van der Waals surface area contributed by atoms with Crippen molar-refractivity contribution in [3.05, 3.63) is 27.7 Å². The van der Waals surface area contributed by atoms with Crippen molar-refractivity contribution in [3.63, 3.8) is 0 Å². The van der Waals surface area contributed by atoms with Gasteiger partial charge in [0.1, 0.15) is 5.75 Å². The zero-order valence-corrected chi connectivity index (χ0v) is 8.85. The third-order valence-corrected chi connectivity index (χ3v) is 2.80. The first-order valence-corrected chi connectivity index (χ1v) is 4.94. The third kappa shape index (κ3) is 1.37. The van der Waals surface area contributed by atoms with Crippen molar-refractivity contribution in [1.29, 1.82) is 0 Å². The van der Waals surface area contributed by atoms with Crippen LogP contribution in [-0.4, -0.2) is 12.4 Å². The number of aryl methyl sites for hydroxylation is 1. The largest absolute Gasteiger partial charge is 0.491 e. The third-order valence-electron chi connectivity index (χ3n) is 2.17. The lowest BCUT2D eigenvalue weighted by atomic mass is 10.00. The minimum atomic E-state index is 0.181. The van der Waals surface area contributed by atoms with E-state index in [1.165, 1.54) is 0 Å². The Hall–Kier alpha value is -0.830. The van der Waals surface area contributed by atoms with Crippen LogP contribution < -0.4 is 4.74 Å². The van der Waals surface area contributed by atoms with Crippen molar-refractivity contribution in [2.45, 2.75) is 13.3 Å². The van der Waals surface area contributed by atoms with Gasteiger partial charge in [-0.15, -0.1) is 0 Å². The van der Waals surface area contributed by atoms with E-state index in [1.807, 2.05) is 19.1 Å². The highest BCUT2D eigenvalue weighted by Gasteiger charge is 2.22. The van der Waals surface area contributed by atoms with Crippen LogP contribution in [-0.2, 0) is 0 Å². The molecule has 1 aliphatic heterocycles. The fraction of sp³-hybridized carbons (Fsp3) is 0.300. The number of halogens is 1. The summed E-state index contributed by atoms with van der Waals surface area (Å²) in [6, 6.07) is 3.84. The van der Waals surface area contributed by atoms with Gasteiger partial charge < -0.3 is 4.74 Å². The molecule has 0 amide bonds. The van der Waals surface area contributed by atoms with Crippen molar-refractivity contribution in [2.75, 3.05) is 6.61 Å². The molecule has 1 aliphatic rings. The van der Waals surface area contributed by atoms with Gasteiger partial charge in [-0.1, -0.05) is 6.07 Å². The van der Waals surface area contributed by atoms with Crippen molar-refractivity contribution in [1.82, 2.24) is 0 Å². The standard InChI is InChI=1S/C10H9BrO2/c1-6-2-3-7(11)10-9(6)8(12)4-5-13-10/h2-3H,4-5H2,1H3. The molecule has 1 heterocycles. The summed E-state index contributed by atoms with van der Waals surface area (Å²) in [5, 5.41) is 0. The highest BCUT2D eigenvalue weighted by atomic mass is 79.9. The maximum atomic E-state index is 11.6. The number of hydrogen-bond donors (Lipinski definition) is 0. The Kier molecular flexibility index (Phi) is 2.12. The predicted octanol–water partition coefficient (Wildman–Crippen LogP) is 2.72. The van der Waals surface area contributed by atoms with E-state index in [1.54, 1.807) is 0 Å². The summed E-state index contributed by atoms with van der Waals surface area (Å²) in [7, 11) is 0. The summed E-state index contributed by atoms with van der Waals surface area (Å²) in [6.07, 6.45) is 0.490. The molecule has 0 saturated carbocycles. The van der Waals surface area contributed by atoms with Crippen molar-refractivity contribution < 1.29 is 9.53 Å². The van der Waals surface area contributed by atoms with E-state index in [2.05, 4.69) is 15.9 Å². The zero-order chi connectivity index (χ0) is 9.42. The van der Waals surface area contributed by atoms with Gasteiger partial charge in [-0.2, -0.15) is 0 Å². The molecule has 0 saturated heterocycles. The maximum absolute atomic E-state index is 11.6. The van der Waals surface area contributed by atoms with E-state index in [-0.39, 0.29) is 5.78 Å². The predicted molar refractivity (Wildman–Crippen MR) is 53.3 cm³/mol. The number of ether oxygens (including phenoxy) is 1. The van der Waals surface area contributed by atoms with Crippen LogP contribution in [0.25, 0.3) is 0 Å². The lowest BCUT2D eigenvalue weighted by molar-refractivity contribution is 0.0932. The second-order valence-corrected chi connectivity index (χ2v) is 3.94. The van der Waals surface area contributed by atoms with Crippen LogP contribution in [0.4, 0.5) is 0 Å². The molecule has 1 aromatic carbocycles. The first kappa shape index (κ1) is 8.75. The summed E-state index contributed by atoms with van der Waals surface area (Å²) in [4.78, 5) is 11.6. The van der Waals surface area contributed by atoms with Gasteiger partial charge in [0.05, 0.1) is 16.6 Å². The molecule has 3 heteroatoms. The summed E-state index contributed by atoms with van der Waals surface area (Å²) in [5.74, 6) is 0.885. The van der Waals surface area contributed by atoms with E-state index >= 15 is 0 Å². The summed E-state index contributed by atoms with van der Waals surface area (Å²) < 4.78 is 6.30. The van der Waals surface area contributed by atoms with Gasteiger partial charge in [-0.25, -0.2) is 0 Å². The SMILES string of the molecule is Cc1ccc(Br)c2c1C(=O)CCO2. The Morgan fingerprint density at radius 2 is 2.23 bits per heavy atom. The lowest BCUT2D eigenvalue weighted by Gasteiger charge is -2.19. The molecule has 0 atom stereocenters. The topological polar surface area (TPSA) is 26.3 Å². The Bertz CT molecular complexity index is 371. The Morgan fingerprint density at radius 3 is 2.92 bits per heavy atom. The molecular formula is C10H9BrO2.